The number of carbonyl (C=O) groups excluding carboxylic acids is 1. The van der Waals surface area contributed by atoms with Crippen molar-refractivity contribution in [3.05, 3.63) is 0 Å². The Morgan fingerprint density at radius 1 is 1.44 bits per heavy atom. The van der Waals surface area contributed by atoms with E-state index in [4.69, 9.17) is 9.88 Å². The lowest BCUT2D eigenvalue weighted by atomic mass is 10.1. The van der Waals surface area contributed by atoms with Gasteiger partial charge in [0, 0.05) is 13.2 Å². The fourth-order valence-corrected chi connectivity index (χ4v) is 1.97. The van der Waals surface area contributed by atoms with E-state index in [0.717, 1.165) is 19.3 Å². The molecule has 7 heteroatoms. The second kappa shape index (κ2) is 6.17. The maximum Gasteiger partial charge on any atom is 0.222 e. The van der Waals surface area contributed by atoms with E-state index in [1.807, 2.05) is 0 Å². The molecule has 1 amide bonds. The van der Waals surface area contributed by atoms with E-state index in [2.05, 4.69) is 5.32 Å². The van der Waals surface area contributed by atoms with Gasteiger partial charge in [0.25, 0.3) is 0 Å². The lowest BCUT2D eigenvalue weighted by Gasteiger charge is -2.21. The molecule has 0 bridgehead atoms. The van der Waals surface area contributed by atoms with Crippen molar-refractivity contribution >= 4 is 15.9 Å². The largest absolute Gasteiger partial charge is 0.378 e. The van der Waals surface area contributed by atoms with Gasteiger partial charge in [-0.25, -0.2) is 13.6 Å². The van der Waals surface area contributed by atoms with Crippen molar-refractivity contribution in [3.63, 3.8) is 0 Å². The van der Waals surface area contributed by atoms with Crippen molar-refractivity contribution in [2.24, 2.45) is 5.14 Å². The summed E-state index contributed by atoms with van der Waals surface area (Å²) in [6.45, 7) is 0.763. The van der Waals surface area contributed by atoms with Crippen molar-refractivity contribution in [3.8, 4) is 0 Å². The molecule has 1 saturated heterocycles. The number of hydrogen-bond acceptors (Lipinski definition) is 4. The molecule has 1 fully saturated rings. The Morgan fingerprint density at radius 2 is 2.19 bits per heavy atom. The quantitative estimate of drug-likeness (QED) is 0.677. The maximum absolute atomic E-state index is 11.4. The van der Waals surface area contributed by atoms with Gasteiger partial charge < -0.3 is 10.1 Å². The highest BCUT2D eigenvalue weighted by atomic mass is 32.2. The van der Waals surface area contributed by atoms with Gasteiger partial charge in [0.05, 0.1) is 18.3 Å². The zero-order valence-electron chi connectivity index (χ0n) is 9.15. The summed E-state index contributed by atoms with van der Waals surface area (Å²) in [6.07, 6.45) is 3.29. The van der Waals surface area contributed by atoms with Crippen LogP contribution in [0.2, 0.25) is 0 Å². The van der Waals surface area contributed by atoms with Crippen LogP contribution in [-0.4, -0.2) is 39.3 Å². The predicted molar refractivity (Wildman–Crippen MR) is 59.2 cm³/mol. The third-order valence-electron chi connectivity index (χ3n) is 2.40. The summed E-state index contributed by atoms with van der Waals surface area (Å²) < 4.78 is 26.6. The molecule has 0 aliphatic carbocycles. The van der Waals surface area contributed by atoms with Crippen LogP contribution in [0.3, 0.4) is 0 Å². The molecule has 94 valence electrons. The fourth-order valence-electron chi connectivity index (χ4n) is 1.58. The minimum atomic E-state index is -3.50. The normalized spacial score (nSPS) is 21.7. The van der Waals surface area contributed by atoms with Crippen molar-refractivity contribution in [1.29, 1.82) is 0 Å². The average Bonchev–Trinajstić information content (AvgIpc) is 2.17. The maximum atomic E-state index is 11.4. The molecule has 1 aliphatic rings. The van der Waals surface area contributed by atoms with Gasteiger partial charge in [-0.2, -0.15) is 0 Å². The molecule has 6 nitrogen and oxygen atoms in total. The van der Waals surface area contributed by atoms with Crippen LogP contribution in [0, 0.1) is 0 Å². The van der Waals surface area contributed by atoms with E-state index < -0.39 is 10.0 Å². The highest BCUT2D eigenvalue weighted by molar-refractivity contribution is 7.89. The van der Waals surface area contributed by atoms with E-state index in [-0.39, 0.29) is 24.3 Å². The molecule has 1 rings (SSSR count). The fraction of sp³-hybridized carbons (Fsp3) is 0.889. The molecule has 1 atom stereocenters. The van der Waals surface area contributed by atoms with Crippen LogP contribution in [0.25, 0.3) is 0 Å². The summed E-state index contributed by atoms with van der Waals surface area (Å²) in [4.78, 5) is 11.4. The van der Waals surface area contributed by atoms with Crippen LogP contribution >= 0.6 is 0 Å². The molecule has 16 heavy (non-hydrogen) atoms. The standard InChI is InChI=1S/C9H18N2O4S/c10-16(13,14)6-4-11-9(12)7-8-3-1-2-5-15-8/h8H,1-7H2,(H,11,12)(H2,10,13,14). The lowest BCUT2D eigenvalue weighted by molar-refractivity contribution is -0.124. The topological polar surface area (TPSA) is 98.5 Å². The molecule has 0 spiro atoms. The number of nitrogens with one attached hydrogen (secondary N) is 1. The molecular formula is C9H18N2O4S. The molecule has 1 unspecified atom stereocenters. The van der Waals surface area contributed by atoms with E-state index in [1.165, 1.54) is 0 Å². The number of rotatable bonds is 5. The van der Waals surface area contributed by atoms with Crippen molar-refractivity contribution in [2.75, 3.05) is 18.9 Å². The van der Waals surface area contributed by atoms with Gasteiger partial charge in [0.2, 0.25) is 15.9 Å². The highest BCUT2D eigenvalue weighted by Crippen LogP contribution is 2.15. The van der Waals surface area contributed by atoms with Gasteiger partial charge in [-0.05, 0) is 19.3 Å². The first-order valence-corrected chi connectivity index (χ1v) is 7.08. The van der Waals surface area contributed by atoms with Gasteiger partial charge in [0.15, 0.2) is 0 Å². The Bertz CT molecular complexity index is 322. The summed E-state index contributed by atoms with van der Waals surface area (Å²) in [7, 11) is -3.50. The van der Waals surface area contributed by atoms with Crippen LogP contribution in [0.5, 0.6) is 0 Å². The molecule has 0 aromatic rings. The number of hydrogen-bond donors (Lipinski definition) is 2. The predicted octanol–water partition coefficient (Wildman–Crippen LogP) is -0.650. The van der Waals surface area contributed by atoms with Gasteiger partial charge in [0.1, 0.15) is 0 Å². The summed E-state index contributed by atoms with van der Waals surface area (Å²) in [5.41, 5.74) is 0. The Hall–Kier alpha value is -0.660. The van der Waals surface area contributed by atoms with Crippen LogP contribution < -0.4 is 10.5 Å². The van der Waals surface area contributed by atoms with Crippen molar-refractivity contribution in [2.45, 2.75) is 31.8 Å². The molecular weight excluding hydrogens is 232 g/mol. The van der Waals surface area contributed by atoms with Gasteiger partial charge in [-0.3, -0.25) is 4.79 Å². The van der Waals surface area contributed by atoms with Crippen molar-refractivity contribution < 1.29 is 17.9 Å². The third kappa shape index (κ3) is 6.04. The zero-order valence-corrected chi connectivity index (χ0v) is 9.96. The number of sulfonamides is 1. The van der Waals surface area contributed by atoms with Crippen molar-refractivity contribution in [1.82, 2.24) is 5.32 Å². The molecule has 3 N–H and O–H groups in total. The molecule has 0 radical (unpaired) electrons. The second-order valence-electron chi connectivity index (χ2n) is 3.91. The molecule has 1 heterocycles. The SMILES string of the molecule is NS(=O)(=O)CCNC(=O)CC1CCCCO1. The second-order valence-corrected chi connectivity index (χ2v) is 5.64. The highest BCUT2D eigenvalue weighted by Gasteiger charge is 2.17. The molecule has 0 aromatic heterocycles. The lowest BCUT2D eigenvalue weighted by Crippen LogP contribution is -2.34. The Balaban J connectivity index is 2.15. The van der Waals surface area contributed by atoms with E-state index in [1.54, 1.807) is 0 Å². The third-order valence-corrected chi connectivity index (χ3v) is 3.17. The van der Waals surface area contributed by atoms with E-state index in [0.29, 0.717) is 13.0 Å². The first-order valence-electron chi connectivity index (χ1n) is 5.36. The smallest absolute Gasteiger partial charge is 0.222 e. The van der Waals surface area contributed by atoms with Crippen LogP contribution in [0.1, 0.15) is 25.7 Å². The molecule has 0 saturated carbocycles. The number of ether oxygens (including phenoxy) is 1. The van der Waals surface area contributed by atoms with Gasteiger partial charge in [-0.1, -0.05) is 0 Å². The number of carbonyl (C=O) groups is 1. The summed E-state index contributed by atoms with van der Waals surface area (Å²) in [6, 6.07) is 0. The number of nitrogens with two attached hydrogens (primary N) is 1. The molecule has 1 aliphatic heterocycles. The minimum absolute atomic E-state index is 0.0248. The average molecular weight is 250 g/mol. The zero-order chi connectivity index (χ0) is 12.0. The Kier molecular flexibility index (Phi) is 5.17. The Morgan fingerprint density at radius 3 is 2.75 bits per heavy atom. The summed E-state index contributed by atoms with van der Waals surface area (Å²) in [5.74, 6) is -0.417. The van der Waals surface area contributed by atoms with Crippen LogP contribution in [0.4, 0.5) is 0 Å². The van der Waals surface area contributed by atoms with Gasteiger partial charge in [-0.15, -0.1) is 0 Å². The summed E-state index contributed by atoms with van der Waals surface area (Å²) in [5, 5.41) is 7.31. The number of primary sulfonamides is 1. The van der Waals surface area contributed by atoms with E-state index in [9.17, 15) is 13.2 Å². The van der Waals surface area contributed by atoms with Gasteiger partial charge >= 0.3 is 0 Å². The van der Waals surface area contributed by atoms with Crippen LogP contribution in [0.15, 0.2) is 0 Å². The van der Waals surface area contributed by atoms with Crippen LogP contribution in [-0.2, 0) is 19.6 Å². The summed E-state index contributed by atoms with van der Waals surface area (Å²) >= 11 is 0. The minimum Gasteiger partial charge on any atom is -0.378 e. The Labute approximate surface area is 95.6 Å². The first kappa shape index (κ1) is 13.4. The van der Waals surface area contributed by atoms with E-state index >= 15 is 0 Å². The number of amides is 1. The monoisotopic (exact) mass is 250 g/mol. The first-order chi connectivity index (χ1) is 7.47. The molecule has 0 aromatic carbocycles.